The van der Waals surface area contributed by atoms with Crippen LogP contribution in [0.3, 0.4) is 0 Å². The van der Waals surface area contributed by atoms with Crippen LogP contribution in [-0.4, -0.2) is 68.6 Å². The summed E-state index contributed by atoms with van der Waals surface area (Å²) >= 11 is 21.3. The van der Waals surface area contributed by atoms with Gasteiger partial charge >= 0.3 is 5.97 Å². The Balaban J connectivity index is 1.55. The minimum Gasteiger partial charge on any atom is -0.503 e. The molecule has 14 heteroatoms. The summed E-state index contributed by atoms with van der Waals surface area (Å²) < 4.78 is 5.91. The highest BCUT2D eigenvalue weighted by Gasteiger charge is 2.76. The van der Waals surface area contributed by atoms with E-state index in [0.29, 0.717) is 15.6 Å². The molecule has 0 radical (unpaired) electrons. The smallest absolute Gasteiger partial charge is 0.335 e. The predicted octanol–water partition coefficient (Wildman–Crippen LogP) is 4.82. The van der Waals surface area contributed by atoms with E-state index >= 15 is 0 Å². The molecular formula is C29H22Br2Cl2N2O8. The van der Waals surface area contributed by atoms with Crippen LogP contribution in [0.15, 0.2) is 50.9 Å². The van der Waals surface area contributed by atoms with Gasteiger partial charge in [0.15, 0.2) is 21.2 Å². The molecule has 2 aliphatic heterocycles. The standard InChI is InChI=1S/C29H22Br2Cl2N2O8/c1-34-26(41)28(32)10-16-13(19(29(28,33)27(34)42)15-9-17(43-2)22(36)21(31)20(15)30)6-7-14-18(16)24(38)35(23(14)37)12-5-3-4-11(8-12)25(39)40/h3-6,8-9,14,16,18-19,36H,7,10H2,1-2H3,(H,39,40)/t14-,16+,18-,19+,28+,29-/m0/s1. The topological polar surface area (TPSA) is 142 Å². The number of halogens is 4. The molecule has 0 spiro atoms. The second-order valence-corrected chi connectivity index (χ2v) is 13.8. The lowest BCUT2D eigenvalue weighted by molar-refractivity contribution is -0.138. The quantitative estimate of drug-likeness (QED) is 0.257. The Hall–Kier alpha value is -2.93. The maximum absolute atomic E-state index is 14.1. The number of benzene rings is 2. The molecule has 1 saturated carbocycles. The summed E-state index contributed by atoms with van der Waals surface area (Å²) in [5.41, 5.74) is 0.944. The molecule has 3 fully saturated rings. The largest absolute Gasteiger partial charge is 0.503 e. The van der Waals surface area contributed by atoms with Gasteiger partial charge in [-0.05, 0) is 80.4 Å². The Labute approximate surface area is 271 Å². The summed E-state index contributed by atoms with van der Waals surface area (Å²) in [6, 6.07) is 7.03. The molecule has 2 N–H and O–H groups in total. The Kier molecular flexibility index (Phi) is 7.04. The fourth-order valence-electron chi connectivity index (χ4n) is 7.10. The molecule has 0 unspecified atom stereocenters. The molecule has 6 rings (SSSR count). The second kappa shape index (κ2) is 10.0. The third kappa shape index (κ3) is 3.85. The van der Waals surface area contributed by atoms with Crippen LogP contribution in [0.1, 0.15) is 34.7 Å². The number of allylic oxidation sites excluding steroid dienone is 2. The maximum Gasteiger partial charge on any atom is 0.335 e. The van der Waals surface area contributed by atoms with Gasteiger partial charge < -0.3 is 14.9 Å². The molecule has 224 valence electrons. The van der Waals surface area contributed by atoms with E-state index in [1.807, 2.05) is 0 Å². The van der Waals surface area contributed by atoms with Crippen molar-refractivity contribution in [3.8, 4) is 11.5 Å². The molecule has 2 aliphatic carbocycles. The van der Waals surface area contributed by atoms with Gasteiger partial charge in [0.25, 0.3) is 11.8 Å². The lowest BCUT2D eigenvalue weighted by Crippen LogP contribution is -2.60. The van der Waals surface area contributed by atoms with Gasteiger partial charge in [0.1, 0.15) is 0 Å². The third-order valence-electron chi connectivity index (χ3n) is 9.07. The first kappa shape index (κ1) is 30.1. The fraction of sp³-hybridized carbons (Fsp3) is 0.345. The van der Waals surface area contributed by atoms with Gasteiger partial charge in [-0.2, -0.15) is 0 Å². The Bertz CT molecular complexity index is 1720. The van der Waals surface area contributed by atoms with E-state index in [1.54, 1.807) is 6.08 Å². The Morgan fingerprint density at radius 2 is 1.74 bits per heavy atom. The van der Waals surface area contributed by atoms with E-state index in [0.717, 1.165) is 9.80 Å². The number of alkyl halides is 2. The number of fused-ring (bicyclic) bond motifs is 4. The number of hydrogen-bond donors (Lipinski definition) is 2. The zero-order valence-electron chi connectivity index (χ0n) is 22.4. The molecule has 10 nitrogen and oxygen atoms in total. The van der Waals surface area contributed by atoms with E-state index < -0.39 is 63.0 Å². The zero-order chi connectivity index (χ0) is 31.3. The lowest BCUT2D eigenvalue weighted by Gasteiger charge is -2.51. The summed E-state index contributed by atoms with van der Waals surface area (Å²) in [4.78, 5) is 64.7. The van der Waals surface area contributed by atoms with Crippen LogP contribution in [0.2, 0.25) is 0 Å². The number of carboxylic acid groups (broad SMARTS) is 1. The number of carbonyl (C=O) groups is 5. The number of carbonyl (C=O) groups excluding carboxylic acids is 4. The summed E-state index contributed by atoms with van der Waals surface area (Å²) in [7, 11) is 2.64. The lowest BCUT2D eigenvalue weighted by atomic mass is 9.56. The summed E-state index contributed by atoms with van der Waals surface area (Å²) in [6.45, 7) is 0. The van der Waals surface area contributed by atoms with E-state index in [2.05, 4.69) is 31.9 Å². The number of anilines is 1. The number of aromatic hydroxyl groups is 1. The SMILES string of the molecule is COc1cc([C@H]2C3=CC[C@@H]4C(=O)N(c5cccc(C(=O)O)c5)C(=O)[C@@H]4[C@@H]3C[C@@]3(Cl)C(=O)N(C)C(=O)[C@@]23Cl)c(Br)c(Br)c1O. The van der Waals surface area contributed by atoms with Crippen molar-refractivity contribution in [3.63, 3.8) is 0 Å². The number of ether oxygens (including phenoxy) is 1. The van der Waals surface area contributed by atoms with Crippen molar-refractivity contribution >= 4 is 90.3 Å². The average Bonchev–Trinajstić information content (AvgIpc) is 3.31. The minimum absolute atomic E-state index is 0.0589. The number of likely N-dealkylation sites (tertiary alicyclic amines) is 1. The summed E-state index contributed by atoms with van der Waals surface area (Å²) in [5.74, 6) is -7.54. The highest BCUT2D eigenvalue weighted by atomic mass is 79.9. The Morgan fingerprint density at radius 3 is 2.40 bits per heavy atom. The van der Waals surface area contributed by atoms with Crippen molar-refractivity contribution in [2.24, 2.45) is 17.8 Å². The number of phenols is 1. The van der Waals surface area contributed by atoms with Gasteiger partial charge in [0.05, 0.1) is 34.7 Å². The fourth-order valence-corrected chi connectivity index (χ4v) is 9.07. The van der Waals surface area contributed by atoms with Gasteiger partial charge in [-0.15, -0.1) is 23.2 Å². The molecular weight excluding hydrogens is 735 g/mol. The summed E-state index contributed by atoms with van der Waals surface area (Å²) in [5, 5.41) is 20.1. The van der Waals surface area contributed by atoms with Crippen LogP contribution >= 0.6 is 55.1 Å². The van der Waals surface area contributed by atoms with Gasteiger partial charge in [-0.25, -0.2) is 4.79 Å². The van der Waals surface area contributed by atoms with Gasteiger partial charge in [0, 0.05) is 17.4 Å². The molecule has 2 saturated heterocycles. The number of methoxy groups -OCH3 is 1. The number of imide groups is 2. The van der Waals surface area contributed by atoms with Crippen LogP contribution < -0.4 is 9.64 Å². The molecule has 6 atom stereocenters. The molecule has 43 heavy (non-hydrogen) atoms. The predicted molar refractivity (Wildman–Crippen MR) is 161 cm³/mol. The first-order chi connectivity index (χ1) is 20.2. The van der Waals surface area contributed by atoms with Crippen LogP contribution in [0, 0.1) is 17.8 Å². The van der Waals surface area contributed by atoms with Gasteiger partial charge in [-0.3, -0.25) is 29.0 Å². The van der Waals surface area contributed by atoms with Crippen LogP contribution in [0.5, 0.6) is 11.5 Å². The van der Waals surface area contributed by atoms with Gasteiger partial charge in [0.2, 0.25) is 11.8 Å². The van der Waals surface area contributed by atoms with Crippen molar-refractivity contribution < 1.29 is 38.9 Å². The third-order valence-corrected chi connectivity index (χ3v) is 12.6. The van der Waals surface area contributed by atoms with Crippen molar-refractivity contribution in [1.82, 2.24) is 4.90 Å². The molecule has 4 amide bonds. The van der Waals surface area contributed by atoms with E-state index in [4.69, 9.17) is 27.9 Å². The number of hydrogen-bond acceptors (Lipinski definition) is 7. The van der Waals surface area contributed by atoms with E-state index in [9.17, 15) is 34.2 Å². The molecule has 4 aliphatic rings. The molecule has 2 aromatic carbocycles. The van der Waals surface area contributed by atoms with Crippen molar-refractivity contribution in [2.45, 2.75) is 28.5 Å². The second-order valence-electron chi connectivity index (χ2n) is 11.0. The number of phenolic OH excluding ortho intramolecular Hbond substituents is 1. The van der Waals surface area contributed by atoms with Crippen molar-refractivity contribution in [2.75, 3.05) is 19.1 Å². The van der Waals surface area contributed by atoms with Gasteiger partial charge in [-0.1, -0.05) is 17.7 Å². The minimum atomic E-state index is -2.03. The molecule has 2 aromatic rings. The maximum atomic E-state index is 14.1. The average molecular weight is 757 g/mol. The molecule has 2 heterocycles. The van der Waals surface area contributed by atoms with Crippen molar-refractivity contribution in [3.05, 3.63) is 62.1 Å². The molecule has 0 aromatic heterocycles. The number of nitrogens with zero attached hydrogens (tertiary/aromatic N) is 2. The normalized spacial score (nSPS) is 31.5. The van der Waals surface area contributed by atoms with E-state index in [1.165, 1.54) is 44.5 Å². The number of amides is 4. The van der Waals surface area contributed by atoms with Crippen LogP contribution in [-0.2, 0) is 19.2 Å². The Morgan fingerprint density at radius 1 is 1.05 bits per heavy atom. The van der Waals surface area contributed by atoms with Crippen LogP contribution in [0.25, 0.3) is 0 Å². The van der Waals surface area contributed by atoms with Crippen LogP contribution in [0.4, 0.5) is 5.69 Å². The first-order valence-corrected chi connectivity index (χ1v) is 15.4. The highest BCUT2D eigenvalue weighted by molar-refractivity contribution is 9.13. The molecule has 0 bridgehead atoms. The number of carboxylic acids is 1. The van der Waals surface area contributed by atoms with Crippen molar-refractivity contribution in [1.29, 1.82) is 0 Å². The van der Waals surface area contributed by atoms with E-state index in [-0.39, 0.29) is 40.1 Å². The zero-order valence-corrected chi connectivity index (χ0v) is 27.1. The first-order valence-electron chi connectivity index (χ1n) is 13.1. The highest BCUT2D eigenvalue weighted by Crippen LogP contribution is 2.66. The monoisotopic (exact) mass is 754 g/mol. The number of rotatable bonds is 4. The summed E-state index contributed by atoms with van der Waals surface area (Å²) in [6.07, 6.45) is 1.70. The number of aromatic carboxylic acids is 1.